The first-order valence-corrected chi connectivity index (χ1v) is 6.84. The molecule has 1 heterocycles. The maximum atomic E-state index is 13.3. The summed E-state index contributed by atoms with van der Waals surface area (Å²) in [6.07, 6.45) is 3.95. The van der Waals surface area contributed by atoms with E-state index in [1.165, 1.54) is 0 Å². The minimum atomic E-state index is -2.43. The molecule has 0 aromatic heterocycles. The number of nitrogens with two attached hydrogens (primary N) is 1. The molecule has 17 heavy (non-hydrogen) atoms. The van der Waals surface area contributed by atoms with Crippen molar-refractivity contribution in [2.45, 2.75) is 63.5 Å². The number of hydrogen-bond donors (Lipinski definition) is 1. The fourth-order valence-corrected chi connectivity index (χ4v) is 3.23. The van der Waals surface area contributed by atoms with Crippen LogP contribution >= 0.6 is 0 Å². The highest BCUT2D eigenvalue weighted by atomic mass is 19.3. The average Bonchev–Trinajstić information content (AvgIpc) is 2.22. The summed E-state index contributed by atoms with van der Waals surface area (Å²) in [5.41, 5.74) is 5.96. The molecule has 100 valence electrons. The summed E-state index contributed by atoms with van der Waals surface area (Å²) in [5.74, 6) is -2.27. The Labute approximate surface area is 103 Å². The van der Waals surface area contributed by atoms with Crippen molar-refractivity contribution in [3.05, 3.63) is 0 Å². The van der Waals surface area contributed by atoms with Crippen molar-refractivity contribution in [2.24, 2.45) is 11.7 Å². The minimum absolute atomic E-state index is 0.0749. The molecule has 3 atom stereocenters. The van der Waals surface area contributed by atoms with Gasteiger partial charge in [0.15, 0.2) is 0 Å². The summed E-state index contributed by atoms with van der Waals surface area (Å²) in [4.78, 5) is 2.32. The number of piperidine rings is 1. The van der Waals surface area contributed by atoms with E-state index in [0.29, 0.717) is 12.5 Å². The first-order valence-electron chi connectivity index (χ1n) is 6.84. The van der Waals surface area contributed by atoms with Gasteiger partial charge in [-0.05, 0) is 38.5 Å². The van der Waals surface area contributed by atoms with E-state index in [-0.39, 0.29) is 24.8 Å². The molecule has 2 N–H and O–H groups in total. The van der Waals surface area contributed by atoms with Crippen LogP contribution in [0.3, 0.4) is 0 Å². The van der Waals surface area contributed by atoms with Crippen LogP contribution in [0.25, 0.3) is 0 Å². The molecule has 0 amide bonds. The van der Waals surface area contributed by atoms with Crippen molar-refractivity contribution in [3.8, 4) is 0 Å². The second-order valence-corrected chi connectivity index (χ2v) is 5.96. The number of hydrogen-bond acceptors (Lipinski definition) is 2. The van der Waals surface area contributed by atoms with Crippen LogP contribution in [0.5, 0.6) is 0 Å². The molecule has 4 heteroatoms. The lowest BCUT2D eigenvalue weighted by Crippen LogP contribution is -2.49. The van der Waals surface area contributed by atoms with E-state index in [0.717, 1.165) is 32.4 Å². The van der Waals surface area contributed by atoms with E-state index in [1.54, 1.807) is 0 Å². The molecule has 0 aromatic rings. The summed E-state index contributed by atoms with van der Waals surface area (Å²) < 4.78 is 26.7. The molecular weight excluding hydrogens is 222 g/mol. The Balaban J connectivity index is 1.87. The standard InChI is InChI=1S/C13H24F2N2/c1-10-4-5-12(16)9-17(10)8-11-3-2-6-13(14,15)7-11/h10-12H,2-9,16H2,1H3. The molecule has 0 spiro atoms. The van der Waals surface area contributed by atoms with Crippen molar-refractivity contribution in [3.63, 3.8) is 0 Å². The molecule has 2 aliphatic rings. The van der Waals surface area contributed by atoms with Gasteiger partial charge in [-0.2, -0.15) is 0 Å². The van der Waals surface area contributed by atoms with Gasteiger partial charge in [0, 0.05) is 38.0 Å². The lowest BCUT2D eigenvalue weighted by atomic mass is 9.85. The van der Waals surface area contributed by atoms with Gasteiger partial charge >= 0.3 is 0 Å². The Hall–Kier alpha value is -0.220. The zero-order chi connectivity index (χ0) is 12.5. The smallest absolute Gasteiger partial charge is 0.248 e. The van der Waals surface area contributed by atoms with Gasteiger partial charge in [0.05, 0.1) is 0 Å². The second kappa shape index (κ2) is 5.19. The molecule has 1 saturated carbocycles. The van der Waals surface area contributed by atoms with Gasteiger partial charge in [-0.1, -0.05) is 0 Å². The van der Waals surface area contributed by atoms with Gasteiger partial charge in [-0.15, -0.1) is 0 Å². The van der Waals surface area contributed by atoms with Crippen molar-refractivity contribution in [1.82, 2.24) is 4.90 Å². The fraction of sp³-hybridized carbons (Fsp3) is 1.00. The SMILES string of the molecule is CC1CCC(N)CN1CC1CCCC(F)(F)C1. The first kappa shape index (κ1) is 13.2. The number of rotatable bonds is 2. The quantitative estimate of drug-likeness (QED) is 0.811. The number of nitrogens with zero attached hydrogens (tertiary/aromatic N) is 1. The van der Waals surface area contributed by atoms with Crippen LogP contribution in [0.2, 0.25) is 0 Å². The monoisotopic (exact) mass is 246 g/mol. The molecule has 2 rings (SSSR count). The fourth-order valence-electron chi connectivity index (χ4n) is 3.23. The normalized spacial score (nSPS) is 39.2. The molecule has 1 aliphatic carbocycles. The Morgan fingerprint density at radius 2 is 2.06 bits per heavy atom. The summed E-state index contributed by atoms with van der Waals surface area (Å²) in [6.45, 7) is 3.88. The van der Waals surface area contributed by atoms with Gasteiger partial charge < -0.3 is 5.73 Å². The summed E-state index contributed by atoms with van der Waals surface area (Å²) >= 11 is 0. The van der Waals surface area contributed by atoms with Crippen LogP contribution in [0.15, 0.2) is 0 Å². The molecule has 2 fully saturated rings. The highest BCUT2D eigenvalue weighted by Gasteiger charge is 2.37. The molecule has 1 saturated heterocycles. The summed E-state index contributed by atoms with van der Waals surface area (Å²) in [5, 5.41) is 0. The van der Waals surface area contributed by atoms with Crippen LogP contribution in [0.1, 0.15) is 45.4 Å². The van der Waals surface area contributed by atoms with Crippen molar-refractivity contribution in [1.29, 1.82) is 0 Å². The largest absolute Gasteiger partial charge is 0.327 e. The molecule has 0 aromatic carbocycles. The summed E-state index contributed by atoms with van der Waals surface area (Å²) in [6, 6.07) is 0.737. The molecule has 1 aliphatic heterocycles. The maximum Gasteiger partial charge on any atom is 0.248 e. The predicted molar refractivity (Wildman–Crippen MR) is 65.1 cm³/mol. The Morgan fingerprint density at radius 1 is 1.29 bits per heavy atom. The van der Waals surface area contributed by atoms with E-state index in [1.807, 2.05) is 0 Å². The third-order valence-electron chi connectivity index (χ3n) is 4.28. The Bertz CT molecular complexity index is 258. The average molecular weight is 246 g/mol. The first-order chi connectivity index (χ1) is 7.96. The van der Waals surface area contributed by atoms with E-state index >= 15 is 0 Å². The lowest BCUT2D eigenvalue weighted by molar-refractivity contribution is -0.0597. The van der Waals surface area contributed by atoms with E-state index in [9.17, 15) is 8.78 Å². The number of alkyl halides is 2. The zero-order valence-electron chi connectivity index (χ0n) is 10.7. The third kappa shape index (κ3) is 3.62. The van der Waals surface area contributed by atoms with Crippen LogP contribution in [-0.4, -0.2) is 36.0 Å². The van der Waals surface area contributed by atoms with Crippen molar-refractivity contribution < 1.29 is 8.78 Å². The van der Waals surface area contributed by atoms with Gasteiger partial charge in [-0.25, -0.2) is 8.78 Å². The van der Waals surface area contributed by atoms with Gasteiger partial charge in [0.1, 0.15) is 0 Å². The molecule has 0 radical (unpaired) electrons. The Kier molecular flexibility index (Phi) is 4.03. The van der Waals surface area contributed by atoms with Gasteiger partial charge in [-0.3, -0.25) is 4.90 Å². The molecule has 0 bridgehead atoms. The topological polar surface area (TPSA) is 29.3 Å². The highest BCUT2D eigenvalue weighted by Crippen LogP contribution is 2.37. The van der Waals surface area contributed by atoms with Gasteiger partial charge in [0.2, 0.25) is 5.92 Å². The van der Waals surface area contributed by atoms with Crippen LogP contribution in [0.4, 0.5) is 8.78 Å². The molecular formula is C13H24F2N2. The highest BCUT2D eigenvalue weighted by molar-refractivity contribution is 4.85. The number of halogens is 2. The molecule has 2 nitrogen and oxygen atoms in total. The van der Waals surface area contributed by atoms with E-state index < -0.39 is 5.92 Å². The van der Waals surface area contributed by atoms with Crippen LogP contribution in [-0.2, 0) is 0 Å². The zero-order valence-corrected chi connectivity index (χ0v) is 10.7. The number of likely N-dealkylation sites (tertiary alicyclic amines) is 1. The minimum Gasteiger partial charge on any atom is -0.327 e. The van der Waals surface area contributed by atoms with E-state index in [4.69, 9.17) is 5.73 Å². The third-order valence-corrected chi connectivity index (χ3v) is 4.28. The van der Waals surface area contributed by atoms with Crippen molar-refractivity contribution in [2.75, 3.05) is 13.1 Å². The van der Waals surface area contributed by atoms with Crippen LogP contribution < -0.4 is 5.73 Å². The molecule has 3 unspecified atom stereocenters. The van der Waals surface area contributed by atoms with Gasteiger partial charge in [0.25, 0.3) is 0 Å². The lowest BCUT2D eigenvalue weighted by Gasteiger charge is -2.40. The maximum absolute atomic E-state index is 13.3. The summed E-state index contributed by atoms with van der Waals surface area (Å²) in [7, 11) is 0. The Morgan fingerprint density at radius 3 is 2.76 bits per heavy atom. The van der Waals surface area contributed by atoms with E-state index in [2.05, 4.69) is 11.8 Å². The predicted octanol–water partition coefficient (Wildman–Crippen LogP) is 2.62. The second-order valence-electron chi connectivity index (χ2n) is 5.96. The van der Waals surface area contributed by atoms with Crippen molar-refractivity contribution >= 4 is 0 Å². The van der Waals surface area contributed by atoms with Crippen LogP contribution in [0, 0.1) is 5.92 Å².